The van der Waals surface area contributed by atoms with E-state index in [1.807, 2.05) is 12.1 Å². The zero-order valence-corrected chi connectivity index (χ0v) is 16.2. The van der Waals surface area contributed by atoms with E-state index in [9.17, 15) is 4.79 Å². The number of hydrogen-bond acceptors (Lipinski definition) is 5. The highest BCUT2D eigenvalue weighted by Gasteiger charge is 2.12. The van der Waals surface area contributed by atoms with Crippen LogP contribution in [0.3, 0.4) is 0 Å². The molecule has 0 radical (unpaired) electrons. The maximum atomic E-state index is 12.7. The molecule has 1 heterocycles. The monoisotopic (exact) mass is 377 g/mol. The molecule has 28 heavy (non-hydrogen) atoms. The Morgan fingerprint density at radius 2 is 1.89 bits per heavy atom. The van der Waals surface area contributed by atoms with Gasteiger partial charge in [-0.1, -0.05) is 29.8 Å². The molecule has 3 aromatic rings. The number of nitrogens with zero attached hydrogens (tertiary/aromatic N) is 1. The van der Waals surface area contributed by atoms with Crippen molar-refractivity contribution in [1.82, 2.24) is 4.98 Å². The second kappa shape index (κ2) is 8.90. The molecule has 0 saturated carbocycles. The van der Waals surface area contributed by atoms with Crippen molar-refractivity contribution in [3.63, 3.8) is 0 Å². The van der Waals surface area contributed by atoms with Crippen LogP contribution in [0.25, 0.3) is 0 Å². The van der Waals surface area contributed by atoms with Crippen LogP contribution in [-0.2, 0) is 6.54 Å². The van der Waals surface area contributed by atoms with Gasteiger partial charge in [0, 0.05) is 24.4 Å². The van der Waals surface area contributed by atoms with Gasteiger partial charge in [-0.2, -0.15) is 0 Å². The lowest BCUT2D eigenvalue weighted by atomic mass is 10.1. The van der Waals surface area contributed by atoms with Gasteiger partial charge in [0.05, 0.1) is 19.9 Å². The van der Waals surface area contributed by atoms with E-state index in [0.717, 1.165) is 5.56 Å². The van der Waals surface area contributed by atoms with Crippen molar-refractivity contribution in [3.8, 4) is 11.5 Å². The van der Waals surface area contributed by atoms with Crippen LogP contribution in [0.1, 0.15) is 21.5 Å². The number of rotatable bonds is 7. The highest BCUT2D eigenvalue weighted by molar-refractivity contribution is 6.05. The minimum Gasteiger partial charge on any atom is -0.497 e. The molecule has 0 bridgehead atoms. The Bertz CT molecular complexity index is 973. The summed E-state index contributed by atoms with van der Waals surface area (Å²) in [6, 6.07) is 16.9. The molecule has 144 valence electrons. The van der Waals surface area contributed by atoms with Gasteiger partial charge in [0.2, 0.25) is 0 Å². The van der Waals surface area contributed by atoms with Crippen molar-refractivity contribution < 1.29 is 14.3 Å². The van der Waals surface area contributed by atoms with Crippen molar-refractivity contribution in [2.45, 2.75) is 13.5 Å². The van der Waals surface area contributed by atoms with Gasteiger partial charge >= 0.3 is 0 Å². The molecule has 0 unspecified atom stereocenters. The highest BCUT2D eigenvalue weighted by atomic mass is 16.5. The first-order valence-electron chi connectivity index (χ1n) is 8.88. The zero-order chi connectivity index (χ0) is 19.9. The van der Waals surface area contributed by atoms with Crippen molar-refractivity contribution in [3.05, 3.63) is 77.5 Å². The maximum absolute atomic E-state index is 12.7. The van der Waals surface area contributed by atoms with Crippen LogP contribution in [-0.4, -0.2) is 25.1 Å². The molecule has 0 saturated heterocycles. The van der Waals surface area contributed by atoms with Crippen LogP contribution >= 0.6 is 0 Å². The summed E-state index contributed by atoms with van der Waals surface area (Å²) < 4.78 is 10.5. The van der Waals surface area contributed by atoms with E-state index < -0.39 is 0 Å². The summed E-state index contributed by atoms with van der Waals surface area (Å²) in [5.41, 5.74) is 3.38. The number of aromatic nitrogens is 1. The molecule has 2 N–H and O–H groups in total. The van der Waals surface area contributed by atoms with Gasteiger partial charge < -0.3 is 20.1 Å². The molecule has 6 nitrogen and oxygen atoms in total. The summed E-state index contributed by atoms with van der Waals surface area (Å²) in [4.78, 5) is 17.0. The molecule has 2 aromatic carbocycles. The van der Waals surface area contributed by atoms with Gasteiger partial charge in [-0.3, -0.25) is 4.79 Å². The third kappa shape index (κ3) is 4.79. The molecule has 3 rings (SSSR count). The van der Waals surface area contributed by atoms with Crippen LogP contribution in [0.2, 0.25) is 0 Å². The third-order valence-electron chi connectivity index (χ3n) is 4.23. The van der Waals surface area contributed by atoms with Gasteiger partial charge in [0.1, 0.15) is 17.3 Å². The Balaban J connectivity index is 1.72. The summed E-state index contributed by atoms with van der Waals surface area (Å²) in [6.07, 6.45) is 1.61. The normalized spacial score (nSPS) is 10.2. The number of amides is 1. The molecule has 6 heteroatoms. The number of aryl methyl sites for hydroxylation is 1. The number of carbonyl (C=O) groups excluding carboxylic acids is 1. The molecule has 1 amide bonds. The van der Waals surface area contributed by atoms with Crippen molar-refractivity contribution in [2.24, 2.45) is 0 Å². The standard InChI is InChI=1S/C22H23N3O3/c1-15-5-4-6-16(11-15)14-24-21-12-17(9-10-23-21)22(26)25-19-13-18(27-2)7-8-20(19)28-3/h4-13H,14H2,1-3H3,(H,23,24)(H,25,26). The first kappa shape index (κ1) is 19.2. The van der Waals surface area contributed by atoms with E-state index in [1.165, 1.54) is 5.56 Å². The van der Waals surface area contributed by atoms with Gasteiger partial charge in [-0.15, -0.1) is 0 Å². The fourth-order valence-electron chi connectivity index (χ4n) is 2.79. The lowest BCUT2D eigenvalue weighted by molar-refractivity contribution is 0.102. The predicted molar refractivity (Wildman–Crippen MR) is 110 cm³/mol. The number of benzene rings is 2. The number of pyridine rings is 1. The van der Waals surface area contributed by atoms with Crippen molar-refractivity contribution in [2.75, 3.05) is 24.9 Å². The lowest BCUT2D eigenvalue weighted by Crippen LogP contribution is -2.13. The fourth-order valence-corrected chi connectivity index (χ4v) is 2.79. The number of carbonyl (C=O) groups is 1. The quantitative estimate of drug-likeness (QED) is 0.643. The number of ether oxygens (including phenoxy) is 2. The Morgan fingerprint density at radius 3 is 2.64 bits per heavy atom. The van der Waals surface area contributed by atoms with E-state index in [-0.39, 0.29) is 5.91 Å². The number of anilines is 2. The molecule has 0 aliphatic carbocycles. The number of hydrogen-bond donors (Lipinski definition) is 2. The molecule has 0 fully saturated rings. The molecule has 0 spiro atoms. The molecule has 0 aliphatic rings. The maximum Gasteiger partial charge on any atom is 0.255 e. The van der Waals surface area contributed by atoms with Gasteiger partial charge in [-0.05, 0) is 36.8 Å². The van der Waals surface area contributed by atoms with E-state index in [2.05, 4.69) is 34.7 Å². The van der Waals surface area contributed by atoms with E-state index in [1.54, 1.807) is 50.7 Å². The van der Waals surface area contributed by atoms with Gasteiger partial charge in [-0.25, -0.2) is 4.98 Å². The highest BCUT2D eigenvalue weighted by Crippen LogP contribution is 2.29. The SMILES string of the molecule is COc1ccc(OC)c(NC(=O)c2ccnc(NCc3cccc(C)c3)c2)c1. The summed E-state index contributed by atoms with van der Waals surface area (Å²) >= 11 is 0. The average molecular weight is 377 g/mol. The minimum atomic E-state index is -0.257. The van der Waals surface area contributed by atoms with E-state index in [0.29, 0.717) is 35.1 Å². The van der Waals surface area contributed by atoms with E-state index in [4.69, 9.17) is 9.47 Å². The average Bonchev–Trinajstić information content (AvgIpc) is 2.72. The summed E-state index contributed by atoms with van der Waals surface area (Å²) in [7, 11) is 3.12. The van der Waals surface area contributed by atoms with Gasteiger partial charge in [0.25, 0.3) is 5.91 Å². The molecular weight excluding hydrogens is 354 g/mol. The first-order chi connectivity index (χ1) is 13.6. The number of methoxy groups -OCH3 is 2. The van der Waals surface area contributed by atoms with Crippen molar-refractivity contribution in [1.29, 1.82) is 0 Å². The fraction of sp³-hybridized carbons (Fsp3) is 0.182. The van der Waals surface area contributed by atoms with Crippen LogP contribution in [0, 0.1) is 6.92 Å². The summed E-state index contributed by atoms with van der Waals surface area (Å²) in [5.74, 6) is 1.56. The van der Waals surface area contributed by atoms with E-state index >= 15 is 0 Å². The Morgan fingerprint density at radius 1 is 1.04 bits per heavy atom. The van der Waals surface area contributed by atoms with Crippen LogP contribution in [0.4, 0.5) is 11.5 Å². The largest absolute Gasteiger partial charge is 0.497 e. The zero-order valence-electron chi connectivity index (χ0n) is 16.2. The van der Waals surface area contributed by atoms with Gasteiger partial charge in [0.15, 0.2) is 0 Å². The first-order valence-corrected chi connectivity index (χ1v) is 8.88. The molecule has 0 atom stereocenters. The lowest BCUT2D eigenvalue weighted by Gasteiger charge is -2.12. The Labute approximate surface area is 164 Å². The predicted octanol–water partition coefficient (Wildman–Crippen LogP) is 4.27. The second-order valence-electron chi connectivity index (χ2n) is 6.29. The minimum absolute atomic E-state index is 0.257. The Hall–Kier alpha value is -3.54. The molecule has 0 aliphatic heterocycles. The van der Waals surface area contributed by atoms with Crippen LogP contribution in [0.15, 0.2) is 60.8 Å². The third-order valence-corrected chi connectivity index (χ3v) is 4.23. The van der Waals surface area contributed by atoms with Crippen LogP contribution in [0.5, 0.6) is 11.5 Å². The number of nitrogens with one attached hydrogen (secondary N) is 2. The van der Waals surface area contributed by atoms with Crippen LogP contribution < -0.4 is 20.1 Å². The smallest absolute Gasteiger partial charge is 0.255 e. The summed E-state index contributed by atoms with van der Waals surface area (Å²) in [6.45, 7) is 2.68. The topological polar surface area (TPSA) is 72.5 Å². The second-order valence-corrected chi connectivity index (χ2v) is 6.29. The van der Waals surface area contributed by atoms with Crippen molar-refractivity contribution >= 4 is 17.4 Å². The summed E-state index contributed by atoms with van der Waals surface area (Å²) in [5, 5.41) is 6.11. The Kier molecular flexibility index (Phi) is 6.11. The molecule has 1 aromatic heterocycles. The molecular formula is C22H23N3O3.